The van der Waals surface area contributed by atoms with Crippen molar-refractivity contribution in [2.24, 2.45) is 0 Å². The van der Waals surface area contributed by atoms with Crippen LogP contribution >= 0.6 is 11.6 Å². The molecular formula is C14H19ClO2. The van der Waals surface area contributed by atoms with Gasteiger partial charge in [-0.1, -0.05) is 30.7 Å². The lowest BCUT2D eigenvalue weighted by atomic mass is 10.1. The van der Waals surface area contributed by atoms with Crippen LogP contribution in [0.4, 0.5) is 0 Å². The van der Waals surface area contributed by atoms with Gasteiger partial charge in [-0.2, -0.15) is 0 Å². The minimum absolute atomic E-state index is 0.226. The number of carbonyl (C=O) groups is 1. The minimum Gasteiger partial charge on any atom is -0.460 e. The quantitative estimate of drug-likeness (QED) is 0.768. The molecule has 1 rings (SSSR count). The maximum atomic E-state index is 11.7. The number of carbonyl (C=O) groups excluding carboxylic acids is 1. The summed E-state index contributed by atoms with van der Waals surface area (Å²) < 4.78 is 5.27. The summed E-state index contributed by atoms with van der Waals surface area (Å²) in [6, 6.07) is 5.77. The Bertz CT molecular complexity index is 405. The molecular weight excluding hydrogens is 236 g/mol. The highest BCUT2D eigenvalue weighted by Gasteiger charge is 2.17. The fourth-order valence-corrected chi connectivity index (χ4v) is 1.70. The molecule has 0 N–H and O–H groups in total. The van der Waals surface area contributed by atoms with E-state index in [-0.39, 0.29) is 12.4 Å². The number of halogens is 1. The molecule has 0 bridgehead atoms. The first-order chi connectivity index (χ1) is 7.81. The highest BCUT2D eigenvalue weighted by atomic mass is 35.5. The molecule has 0 radical (unpaired) electrons. The van der Waals surface area contributed by atoms with E-state index in [1.54, 1.807) is 0 Å². The molecule has 0 fully saturated rings. The second-order valence-electron chi connectivity index (χ2n) is 5.04. The van der Waals surface area contributed by atoms with Gasteiger partial charge >= 0.3 is 5.97 Å². The van der Waals surface area contributed by atoms with Crippen LogP contribution in [-0.4, -0.2) is 11.6 Å². The lowest BCUT2D eigenvalue weighted by Crippen LogP contribution is -2.25. The predicted molar refractivity (Wildman–Crippen MR) is 70.4 cm³/mol. The number of rotatable bonds is 3. The van der Waals surface area contributed by atoms with Crippen molar-refractivity contribution in [2.75, 3.05) is 0 Å². The third-order valence-corrected chi connectivity index (χ3v) is 2.64. The number of hydrogen-bond acceptors (Lipinski definition) is 2. The summed E-state index contributed by atoms with van der Waals surface area (Å²) in [6.45, 7) is 7.64. The van der Waals surface area contributed by atoms with Gasteiger partial charge in [0.1, 0.15) is 5.60 Å². The molecule has 0 aliphatic rings. The molecule has 0 atom stereocenters. The van der Waals surface area contributed by atoms with E-state index in [9.17, 15) is 4.79 Å². The first kappa shape index (κ1) is 14.0. The molecule has 94 valence electrons. The molecule has 17 heavy (non-hydrogen) atoms. The lowest BCUT2D eigenvalue weighted by molar-refractivity contribution is -0.153. The van der Waals surface area contributed by atoms with Gasteiger partial charge in [0.25, 0.3) is 0 Å². The van der Waals surface area contributed by atoms with Crippen LogP contribution < -0.4 is 0 Å². The van der Waals surface area contributed by atoms with Gasteiger partial charge in [0.05, 0.1) is 6.42 Å². The fraction of sp³-hybridized carbons (Fsp3) is 0.500. The SMILES string of the molecule is CCc1ccc(Cl)c(CC(=O)OC(C)(C)C)c1. The second kappa shape index (κ2) is 5.54. The van der Waals surface area contributed by atoms with E-state index in [1.165, 1.54) is 5.56 Å². The van der Waals surface area contributed by atoms with E-state index < -0.39 is 5.60 Å². The first-order valence-electron chi connectivity index (χ1n) is 5.81. The van der Waals surface area contributed by atoms with Crippen LogP contribution in [0.5, 0.6) is 0 Å². The third-order valence-electron chi connectivity index (χ3n) is 2.27. The fourth-order valence-electron chi connectivity index (χ4n) is 1.52. The lowest BCUT2D eigenvalue weighted by Gasteiger charge is -2.19. The van der Waals surface area contributed by atoms with Crippen molar-refractivity contribution in [3.63, 3.8) is 0 Å². The summed E-state index contributed by atoms with van der Waals surface area (Å²) >= 11 is 6.06. The van der Waals surface area contributed by atoms with Crippen molar-refractivity contribution in [1.29, 1.82) is 0 Å². The zero-order valence-corrected chi connectivity index (χ0v) is 11.6. The topological polar surface area (TPSA) is 26.3 Å². The molecule has 0 aliphatic heterocycles. The van der Waals surface area contributed by atoms with E-state index in [4.69, 9.17) is 16.3 Å². The van der Waals surface area contributed by atoms with Crippen LogP contribution in [0.3, 0.4) is 0 Å². The zero-order valence-electron chi connectivity index (χ0n) is 10.8. The van der Waals surface area contributed by atoms with Gasteiger partial charge in [-0.05, 0) is 44.4 Å². The number of esters is 1. The van der Waals surface area contributed by atoms with Gasteiger partial charge in [0.15, 0.2) is 0 Å². The molecule has 1 aromatic carbocycles. The van der Waals surface area contributed by atoms with Gasteiger partial charge in [0, 0.05) is 5.02 Å². The van der Waals surface area contributed by atoms with Crippen LogP contribution in [0.1, 0.15) is 38.8 Å². The Balaban J connectivity index is 2.77. The van der Waals surface area contributed by atoms with Gasteiger partial charge in [-0.25, -0.2) is 0 Å². The first-order valence-corrected chi connectivity index (χ1v) is 6.19. The Morgan fingerprint density at radius 2 is 2.00 bits per heavy atom. The number of hydrogen-bond donors (Lipinski definition) is 0. The third kappa shape index (κ3) is 4.78. The van der Waals surface area contributed by atoms with Crippen molar-refractivity contribution in [3.8, 4) is 0 Å². The average molecular weight is 255 g/mol. The molecule has 0 spiro atoms. The zero-order chi connectivity index (χ0) is 13.1. The van der Waals surface area contributed by atoms with Gasteiger partial charge < -0.3 is 4.74 Å². The van der Waals surface area contributed by atoms with Crippen LogP contribution in [0.2, 0.25) is 5.02 Å². The average Bonchev–Trinajstić information content (AvgIpc) is 2.18. The molecule has 0 aliphatic carbocycles. The molecule has 0 heterocycles. The van der Waals surface area contributed by atoms with E-state index in [2.05, 4.69) is 6.92 Å². The predicted octanol–water partition coefficient (Wildman–Crippen LogP) is 3.79. The maximum Gasteiger partial charge on any atom is 0.310 e. The highest BCUT2D eigenvalue weighted by molar-refractivity contribution is 6.31. The van der Waals surface area contributed by atoms with Gasteiger partial charge in [-0.3, -0.25) is 4.79 Å². The van der Waals surface area contributed by atoms with Crippen molar-refractivity contribution in [1.82, 2.24) is 0 Å². The summed E-state index contributed by atoms with van der Waals surface area (Å²) in [4.78, 5) is 11.7. The molecule has 3 heteroatoms. The summed E-state index contributed by atoms with van der Waals surface area (Å²) in [5.41, 5.74) is 1.56. The van der Waals surface area contributed by atoms with Gasteiger partial charge in [-0.15, -0.1) is 0 Å². The summed E-state index contributed by atoms with van der Waals surface area (Å²) in [7, 11) is 0. The Kier molecular flexibility index (Phi) is 4.58. The van der Waals surface area contributed by atoms with Gasteiger partial charge in [0.2, 0.25) is 0 Å². The van der Waals surface area contributed by atoms with E-state index in [0.29, 0.717) is 5.02 Å². The number of ether oxygens (including phenoxy) is 1. The molecule has 0 saturated carbocycles. The van der Waals surface area contributed by atoms with Crippen molar-refractivity contribution >= 4 is 17.6 Å². The van der Waals surface area contributed by atoms with Crippen LogP contribution in [0.15, 0.2) is 18.2 Å². The monoisotopic (exact) mass is 254 g/mol. The normalized spacial score (nSPS) is 11.4. The number of benzene rings is 1. The Hall–Kier alpha value is -1.02. The minimum atomic E-state index is -0.452. The van der Waals surface area contributed by atoms with Crippen molar-refractivity contribution in [2.45, 2.75) is 46.1 Å². The molecule has 0 aromatic heterocycles. The smallest absolute Gasteiger partial charge is 0.310 e. The molecule has 0 unspecified atom stereocenters. The Labute approximate surface area is 108 Å². The molecule has 0 saturated heterocycles. The maximum absolute atomic E-state index is 11.7. The Morgan fingerprint density at radius 3 is 2.53 bits per heavy atom. The molecule has 0 amide bonds. The van der Waals surface area contributed by atoms with Crippen molar-refractivity contribution in [3.05, 3.63) is 34.3 Å². The Morgan fingerprint density at radius 1 is 1.35 bits per heavy atom. The summed E-state index contributed by atoms with van der Waals surface area (Å²) in [5.74, 6) is -0.243. The number of aryl methyl sites for hydroxylation is 1. The summed E-state index contributed by atoms with van der Waals surface area (Å²) in [6.07, 6.45) is 1.16. The molecule has 2 nitrogen and oxygen atoms in total. The van der Waals surface area contributed by atoms with Crippen LogP contribution in [0, 0.1) is 0 Å². The second-order valence-corrected chi connectivity index (χ2v) is 5.45. The largest absolute Gasteiger partial charge is 0.460 e. The van der Waals surface area contributed by atoms with E-state index in [0.717, 1.165) is 12.0 Å². The van der Waals surface area contributed by atoms with E-state index in [1.807, 2.05) is 39.0 Å². The van der Waals surface area contributed by atoms with Crippen LogP contribution in [-0.2, 0) is 22.4 Å². The highest BCUT2D eigenvalue weighted by Crippen LogP contribution is 2.20. The standard InChI is InChI=1S/C14H19ClO2/c1-5-10-6-7-12(15)11(8-10)9-13(16)17-14(2,3)4/h6-8H,5,9H2,1-4H3. The van der Waals surface area contributed by atoms with Crippen molar-refractivity contribution < 1.29 is 9.53 Å². The van der Waals surface area contributed by atoms with Crippen LogP contribution in [0.25, 0.3) is 0 Å². The van der Waals surface area contributed by atoms with E-state index >= 15 is 0 Å². The summed E-state index contributed by atoms with van der Waals surface area (Å²) in [5, 5.41) is 0.619. The molecule has 1 aromatic rings.